The maximum Gasteiger partial charge on any atom is 0.387 e. The highest BCUT2D eigenvalue weighted by atomic mass is 19.3. The third-order valence-electron chi connectivity index (χ3n) is 2.49. The van der Waals surface area contributed by atoms with Crippen molar-refractivity contribution in [1.29, 1.82) is 0 Å². The van der Waals surface area contributed by atoms with Gasteiger partial charge in [0.1, 0.15) is 5.75 Å². The van der Waals surface area contributed by atoms with E-state index in [1.54, 1.807) is 12.1 Å². The number of hydrogen-bond acceptors (Lipinski definition) is 4. The Hall–Kier alpha value is -2.11. The van der Waals surface area contributed by atoms with Crippen LogP contribution in [0.5, 0.6) is 5.75 Å². The monoisotopic (exact) mass is 254 g/mol. The maximum absolute atomic E-state index is 12.1. The molecule has 0 fully saturated rings. The normalized spacial score (nSPS) is 10.9. The topological polar surface area (TPSA) is 61.3 Å². The maximum atomic E-state index is 12.1. The van der Waals surface area contributed by atoms with Gasteiger partial charge in [-0.15, -0.1) is 0 Å². The quantitative estimate of drug-likeness (QED) is 0.910. The van der Waals surface area contributed by atoms with Crippen molar-refractivity contribution in [2.45, 2.75) is 20.0 Å². The molecule has 2 rings (SSSR count). The van der Waals surface area contributed by atoms with Gasteiger partial charge in [-0.3, -0.25) is 0 Å². The second-order valence-electron chi connectivity index (χ2n) is 3.64. The van der Waals surface area contributed by atoms with Crippen LogP contribution in [-0.2, 0) is 6.42 Å². The summed E-state index contributed by atoms with van der Waals surface area (Å²) in [5.74, 6) is 0.863. The summed E-state index contributed by atoms with van der Waals surface area (Å²) in [4.78, 5) is 0. The minimum absolute atomic E-state index is 0.0690. The molecular weight excluding hydrogens is 242 g/mol. The van der Waals surface area contributed by atoms with Gasteiger partial charge in [0.15, 0.2) is 11.6 Å². The van der Waals surface area contributed by atoms with Crippen LogP contribution in [0.3, 0.4) is 0 Å². The Morgan fingerprint density at radius 3 is 2.89 bits per heavy atom. The zero-order valence-electron chi connectivity index (χ0n) is 9.69. The van der Waals surface area contributed by atoms with Crippen molar-refractivity contribution in [3.8, 4) is 17.1 Å². The number of hydrogen-bond donors (Lipinski definition) is 1. The van der Waals surface area contributed by atoms with Gasteiger partial charge in [-0.2, -0.15) is 8.78 Å². The Morgan fingerprint density at radius 2 is 2.22 bits per heavy atom. The molecule has 18 heavy (non-hydrogen) atoms. The highest BCUT2D eigenvalue weighted by Crippen LogP contribution is 2.30. The highest BCUT2D eigenvalue weighted by molar-refractivity contribution is 5.67. The van der Waals surface area contributed by atoms with Gasteiger partial charge in [0.25, 0.3) is 0 Å². The summed E-state index contributed by atoms with van der Waals surface area (Å²) in [7, 11) is 0. The molecule has 0 saturated carbocycles. The molecule has 0 amide bonds. The van der Waals surface area contributed by atoms with Gasteiger partial charge < -0.3 is 15.0 Å². The van der Waals surface area contributed by atoms with Gasteiger partial charge in [-0.25, -0.2) is 0 Å². The number of aromatic nitrogens is 1. The largest absolute Gasteiger partial charge is 0.435 e. The Morgan fingerprint density at radius 1 is 1.44 bits per heavy atom. The van der Waals surface area contributed by atoms with Crippen LogP contribution < -0.4 is 10.5 Å². The van der Waals surface area contributed by atoms with Crippen LogP contribution in [-0.4, -0.2) is 11.8 Å². The van der Waals surface area contributed by atoms with Crippen molar-refractivity contribution in [3.05, 3.63) is 29.8 Å². The van der Waals surface area contributed by atoms with Crippen molar-refractivity contribution in [3.63, 3.8) is 0 Å². The molecule has 6 heteroatoms. The first-order chi connectivity index (χ1) is 8.61. The van der Waals surface area contributed by atoms with Crippen molar-refractivity contribution in [2.24, 2.45) is 0 Å². The van der Waals surface area contributed by atoms with Gasteiger partial charge >= 0.3 is 6.61 Å². The first-order valence-electron chi connectivity index (χ1n) is 5.41. The lowest BCUT2D eigenvalue weighted by Crippen LogP contribution is -2.01. The molecule has 1 aromatic carbocycles. The minimum Gasteiger partial charge on any atom is -0.435 e. The van der Waals surface area contributed by atoms with Crippen LogP contribution in [0.15, 0.2) is 28.8 Å². The van der Waals surface area contributed by atoms with Gasteiger partial charge in [-0.1, -0.05) is 24.2 Å². The zero-order valence-corrected chi connectivity index (χ0v) is 9.69. The summed E-state index contributed by atoms with van der Waals surface area (Å²) in [5, 5.41) is 3.67. The van der Waals surface area contributed by atoms with E-state index in [1.807, 2.05) is 6.92 Å². The first-order valence-corrected chi connectivity index (χ1v) is 5.41. The van der Waals surface area contributed by atoms with Gasteiger partial charge in [0, 0.05) is 11.1 Å². The predicted molar refractivity (Wildman–Crippen MR) is 62.4 cm³/mol. The molecule has 0 spiro atoms. The fourth-order valence-corrected chi connectivity index (χ4v) is 1.70. The molecule has 4 nitrogen and oxygen atoms in total. The van der Waals surface area contributed by atoms with Crippen molar-refractivity contribution >= 4 is 5.82 Å². The summed E-state index contributed by atoms with van der Waals surface area (Å²) in [6.45, 7) is -0.947. The van der Waals surface area contributed by atoms with Crippen LogP contribution >= 0.6 is 0 Å². The molecule has 0 aliphatic rings. The Kier molecular flexibility index (Phi) is 3.45. The van der Waals surface area contributed by atoms with Crippen LogP contribution in [0.1, 0.15) is 12.5 Å². The first kappa shape index (κ1) is 12.3. The molecule has 2 aromatic rings. The second-order valence-corrected chi connectivity index (χ2v) is 3.64. The van der Waals surface area contributed by atoms with Gasteiger partial charge in [0.05, 0.1) is 0 Å². The highest BCUT2D eigenvalue weighted by Gasteiger charge is 2.15. The molecule has 1 heterocycles. The van der Waals surface area contributed by atoms with Crippen LogP contribution in [0, 0.1) is 0 Å². The SMILES string of the molecule is CCc1c(N)noc1-c1cccc(OC(F)F)c1. The van der Waals surface area contributed by atoms with E-state index < -0.39 is 6.61 Å². The summed E-state index contributed by atoms with van der Waals surface area (Å²) in [5.41, 5.74) is 7.01. The van der Waals surface area contributed by atoms with Crippen LogP contribution in [0.4, 0.5) is 14.6 Å². The number of halogens is 2. The summed E-state index contributed by atoms with van der Waals surface area (Å²) < 4.78 is 33.7. The van der Waals surface area contributed by atoms with E-state index in [0.29, 0.717) is 23.6 Å². The number of benzene rings is 1. The third-order valence-corrected chi connectivity index (χ3v) is 2.49. The average molecular weight is 254 g/mol. The van der Waals surface area contributed by atoms with Crippen LogP contribution in [0.2, 0.25) is 0 Å². The smallest absolute Gasteiger partial charge is 0.387 e. The van der Waals surface area contributed by atoms with Crippen LogP contribution in [0.25, 0.3) is 11.3 Å². The lowest BCUT2D eigenvalue weighted by molar-refractivity contribution is -0.0498. The number of ether oxygens (including phenoxy) is 1. The van der Waals surface area contributed by atoms with Gasteiger partial charge in [0.2, 0.25) is 0 Å². The number of nitrogens with zero attached hydrogens (tertiary/aromatic N) is 1. The second kappa shape index (κ2) is 5.03. The standard InChI is InChI=1S/C12H12F2N2O2/c1-2-9-10(18-16-11(9)15)7-4-3-5-8(6-7)17-12(13)14/h3-6,12H,2H2,1H3,(H2,15,16). The Balaban J connectivity index is 2.38. The predicted octanol–water partition coefficient (Wildman–Crippen LogP) is 3.09. The zero-order chi connectivity index (χ0) is 13.1. The molecule has 0 atom stereocenters. The number of nitrogen functional groups attached to an aromatic ring is 1. The fraction of sp³-hybridized carbons (Fsp3) is 0.250. The van der Waals surface area contributed by atoms with Crippen molar-refractivity contribution < 1.29 is 18.0 Å². The molecule has 2 N–H and O–H groups in total. The number of anilines is 1. The van der Waals surface area contributed by atoms with E-state index in [1.165, 1.54) is 12.1 Å². The van der Waals surface area contributed by atoms with E-state index >= 15 is 0 Å². The molecule has 0 radical (unpaired) electrons. The van der Waals surface area contributed by atoms with E-state index in [2.05, 4.69) is 9.89 Å². The average Bonchev–Trinajstić information content (AvgIpc) is 2.70. The van der Waals surface area contributed by atoms with E-state index in [-0.39, 0.29) is 5.75 Å². The molecule has 1 aromatic heterocycles. The minimum atomic E-state index is -2.86. The summed E-state index contributed by atoms with van der Waals surface area (Å²) in [6, 6.07) is 6.23. The summed E-state index contributed by atoms with van der Waals surface area (Å²) >= 11 is 0. The van der Waals surface area contributed by atoms with E-state index in [4.69, 9.17) is 10.3 Å². The van der Waals surface area contributed by atoms with E-state index in [0.717, 1.165) is 5.56 Å². The fourth-order valence-electron chi connectivity index (χ4n) is 1.70. The Bertz CT molecular complexity index is 541. The third kappa shape index (κ3) is 2.42. The molecule has 0 bridgehead atoms. The number of nitrogens with two attached hydrogens (primary N) is 1. The van der Waals surface area contributed by atoms with E-state index in [9.17, 15) is 8.78 Å². The lowest BCUT2D eigenvalue weighted by atomic mass is 10.1. The molecule has 0 aliphatic heterocycles. The molecule has 0 unspecified atom stereocenters. The molecule has 96 valence electrons. The van der Waals surface area contributed by atoms with Crippen molar-refractivity contribution in [2.75, 3.05) is 5.73 Å². The molecule has 0 saturated heterocycles. The van der Waals surface area contributed by atoms with Crippen molar-refractivity contribution in [1.82, 2.24) is 5.16 Å². The molecular formula is C12H12F2N2O2. The summed E-state index contributed by atoms with van der Waals surface area (Å²) in [6.07, 6.45) is 0.643. The number of alkyl halides is 2. The molecule has 0 aliphatic carbocycles. The van der Waals surface area contributed by atoms with Gasteiger partial charge in [-0.05, 0) is 18.6 Å². The number of rotatable bonds is 4. The lowest BCUT2D eigenvalue weighted by Gasteiger charge is -2.05. The Labute approximate surface area is 102 Å².